The minimum Gasteiger partial charge on any atom is -0.495 e. The van der Waals surface area contributed by atoms with Crippen molar-refractivity contribution in [3.05, 3.63) is 27.7 Å². The Bertz CT molecular complexity index is 450. The van der Waals surface area contributed by atoms with E-state index in [0.717, 1.165) is 15.6 Å². The van der Waals surface area contributed by atoms with E-state index in [2.05, 4.69) is 15.9 Å². The van der Waals surface area contributed by atoms with Crippen LogP contribution in [0.1, 0.15) is 24.0 Å². The summed E-state index contributed by atoms with van der Waals surface area (Å²) >= 11 is 3.44. The minimum absolute atomic E-state index is 0.653. The SMILES string of the molecule is COc1c(C2(C(=O)O)CC2)ccc(C)c1Br. The van der Waals surface area contributed by atoms with Crippen molar-refractivity contribution in [3.63, 3.8) is 0 Å². The van der Waals surface area contributed by atoms with E-state index >= 15 is 0 Å². The Labute approximate surface area is 103 Å². The summed E-state index contributed by atoms with van der Waals surface area (Å²) in [6.07, 6.45) is 1.38. The summed E-state index contributed by atoms with van der Waals surface area (Å²) in [5.74, 6) is -0.110. The second kappa shape index (κ2) is 3.77. The third kappa shape index (κ3) is 1.52. The Morgan fingerprint density at radius 2 is 2.12 bits per heavy atom. The zero-order chi connectivity index (χ0) is 11.9. The van der Waals surface area contributed by atoms with Gasteiger partial charge in [0.2, 0.25) is 0 Å². The van der Waals surface area contributed by atoms with Crippen molar-refractivity contribution in [2.45, 2.75) is 25.2 Å². The van der Waals surface area contributed by atoms with E-state index in [4.69, 9.17) is 4.74 Å². The number of methoxy groups -OCH3 is 1. The first kappa shape index (κ1) is 11.5. The molecule has 1 aliphatic carbocycles. The molecule has 1 aliphatic rings. The molecular formula is C12H13BrO3. The van der Waals surface area contributed by atoms with Gasteiger partial charge < -0.3 is 9.84 Å². The molecule has 16 heavy (non-hydrogen) atoms. The van der Waals surface area contributed by atoms with Crippen LogP contribution in [0.5, 0.6) is 5.75 Å². The Morgan fingerprint density at radius 3 is 2.56 bits per heavy atom. The summed E-state index contributed by atoms with van der Waals surface area (Å²) in [6.45, 7) is 1.96. The van der Waals surface area contributed by atoms with Gasteiger partial charge in [-0.2, -0.15) is 0 Å². The molecule has 0 bridgehead atoms. The van der Waals surface area contributed by atoms with Gasteiger partial charge in [-0.15, -0.1) is 0 Å². The number of carboxylic acid groups (broad SMARTS) is 1. The number of aryl methyl sites for hydroxylation is 1. The Morgan fingerprint density at radius 1 is 1.50 bits per heavy atom. The lowest BCUT2D eigenvalue weighted by molar-refractivity contribution is -0.140. The van der Waals surface area contributed by atoms with Crippen molar-refractivity contribution in [2.75, 3.05) is 7.11 Å². The van der Waals surface area contributed by atoms with Crippen LogP contribution in [-0.4, -0.2) is 18.2 Å². The summed E-state index contributed by atoms with van der Waals surface area (Å²) in [5, 5.41) is 9.27. The smallest absolute Gasteiger partial charge is 0.314 e. The molecule has 0 atom stereocenters. The molecule has 1 fully saturated rings. The minimum atomic E-state index is -0.762. The van der Waals surface area contributed by atoms with Crippen LogP contribution >= 0.6 is 15.9 Å². The van der Waals surface area contributed by atoms with Crippen molar-refractivity contribution < 1.29 is 14.6 Å². The number of halogens is 1. The number of rotatable bonds is 3. The fourth-order valence-electron chi connectivity index (χ4n) is 1.95. The van der Waals surface area contributed by atoms with Crippen molar-refractivity contribution in [1.29, 1.82) is 0 Å². The third-order valence-electron chi connectivity index (χ3n) is 3.17. The van der Waals surface area contributed by atoms with E-state index in [0.29, 0.717) is 18.6 Å². The van der Waals surface area contributed by atoms with Gasteiger partial charge in [0.15, 0.2) is 0 Å². The van der Waals surface area contributed by atoms with Gasteiger partial charge in [-0.25, -0.2) is 0 Å². The zero-order valence-electron chi connectivity index (χ0n) is 9.21. The van der Waals surface area contributed by atoms with Crippen molar-refractivity contribution in [2.24, 2.45) is 0 Å². The van der Waals surface area contributed by atoms with Gasteiger partial charge in [0.1, 0.15) is 5.75 Å². The lowest BCUT2D eigenvalue weighted by Gasteiger charge is -2.17. The molecule has 0 aliphatic heterocycles. The molecule has 0 spiro atoms. The average molecular weight is 285 g/mol. The Hall–Kier alpha value is -1.03. The van der Waals surface area contributed by atoms with Crippen molar-refractivity contribution in [1.82, 2.24) is 0 Å². The lowest BCUT2D eigenvalue weighted by atomic mass is 9.94. The van der Waals surface area contributed by atoms with Gasteiger partial charge in [-0.05, 0) is 41.3 Å². The molecule has 0 unspecified atom stereocenters. The molecule has 0 saturated heterocycles. The maximum Gasteiger partial charge on any atom is 0.314 e. The van der Waals surface area contributed by atoms with Gasteiger partial charge >= 0.3 is 5.97 Å². The lowest BCUT2D eigenvalue weighted by Crippen LogP contribution is -2.20. The number of benzene rings is 1. The highest BCUT2D eigenvalue weighted by atomic mass is 79.9. The first-order valence-corrected chi connectivity index (χ1v) is 5.89. The largest absolute Gasteiger partial charge is 0.495 e. The topological polar surface area (TPSA) is 46.5 Å². The maximum absolute atomic E-state index is 11.3. The second-order valence-corrected chi connectivity index (χ2v) is 4.96. The molecule has 0 amide bonds. The molecule has 1 aromatic carbocycles. The highest BCUT2D eigenvalue weighted by Gasteiger charge is 2.53. The predicted molar refractivity (Wildman–Crippen MR) is 64.0 cm³/mol. The number of carbonyl (C=O) groups is 1. The second-order valence-electron chi connectivity index (χ2n) is 4.16. The van der Waals surface area contributed by atoms with E-state index in [-0.39, 0.29) is 0 Å². The highest BCUT2D eigenvalue weighted by Crippen LogP contribution is 2.53. The first-order chi connectivity index (χ1) is 7.53. The van der Waals surface area contributed by atoms with E-state index < -0.39 is 11.4 Å². The maximum atomic E-state index is 11.3. The first-order valence-electron chi connectivity index (χ1n) is 5.10. The van der Waals surface area contributed by atoms with Crippen LogP contribution in [0.4, 0.5) is 0 Å². The van der Waals surface area contributed by atoms with Crippen molar-refractivity contribution in [3.8, 4) is 5.75 Å². The standard InChI is InChI=1S/C12H13BrO3/c1-7-3-4-8(10(16-2)9(7)13)12(5-6-12)11(14)15/h3-4H,5-6H2,1-2H3,(H,14,15). The zero-order valence-corrected chi connectivity index (χ0v) is 10.8. The number of hydrogen-bond donors (Lipinski definition) is 1. The molecule has 3 nitrogen and oxygen atoms in total. The fraction of sp³-hybridized carbons (Fsp3) is 0.417. The van der Waals surface area contributed by atoms with E-state index in [1.165, 1.54) is 0 Å². The summed E-state index contributed by atoms with van der Waals surface area (Å²) in [5.41, 5.74) is 1.10. The van der Waals surface area contributed by atoms with Crippen LogP contribution in [0.2, 0.25) is 0 Å². The molecule has 0 heterocycles. The average Bonchev–Trinajstić information content (AvgIpc) is 3.02. The molecule has 2 rings (SSSR count). The number of ether oxygens (including phenoxy) is 1. The molecule has 0 aromatic heterocycles. The van der Waals surface area contributed by atoms with Crippen LogP contribution in [0.3, 0.4) is 0 Å². The van der Waals surface area contributed by atoms with Gasteiger partial charge in [0.25, 0.3) is 0 Å². The third-order valence-corrected chi connectivity index (χ3v) is 4.15. The normalized spacial score (nSPS) is 16.9. The Balaban J connectivity index is 2.58. The van der Waals surface area contributed by atoms with Gasteiger partial charge in [-0.1, -0.05) is 12.1 Å². The van der Waals surface area contributed by atoms with Crippen LogP contribution in [0.15, 0.2) is 16.6 Å². The van der Waals surface area contributed by atoms with Crippen LogP contribution in [0, 0.1) is 6.92 Å². The number of hydrogen-bond acceptors (Lipinski definition) is 2. The molecule has 1 saturated carbocycles. The van der Waals surface area contributed by atoms with Gasteiger partial charge in [0, 0.05) is 5.56 Å². The molecular weight excluding hydrogens is 272 g/mol. The molecule has 4 heteroatoms. The molecule has 1 N–H and O–H groups in total. The molecule has 86 valence electrons. The quantitative estimate of drug-likeness (QED) is 0.928. The number of carboxylic acids is 1. The van der Waals surface area contributed by atoms with Crippen molar-refractivity contribution >= 4 is 21.9 Å². The number of aliphatic carboxylic acids is 1. The van der Waals surface area contributed by atoms with E-state index in [1.807, 2.05) is 19.1 Å². The summed E-state index contributed by atoms with van der Waals surface area (Å²) < 4.78 is 6.17. The van der Waals surface area contributed by atoms with Gasteiger partial charge in [0.05, 0.1) is 17.0 Å². The van der Waals surface area contributed by atoms with Crippen LogP contribution < -0.4 is 4.74 Å². The van der Waals surface area contributed by atoms with Crippen LogP contribution in [0.25, 0.3) is 0 Å². The monoisotopic (exact) mass is 284 g/mol. The van der Waals surface area contributed by atoms with Gasteiger partial charge in [-0.3, -0.25) is 4.79 Å². The summed E-state index contributed by atoms with van der Waals surface area (Å²) in [7, 11) is 1.57. The predicted octanol–water partition coefficient (Wildman–Crippen LogP) is 2.88. The van der Waals surface area contributed by atoms with Crippen LogP contribution in [-0.2, 0) is 10.2 Å². The van der Waals surface area contributed by atoms with E-state index in [9.17, 15) is 9.90 Å². The highest BCUT2D eigenvalue weighted by molar-refractivity contribution is 9.10. The summed E-state index contributed by atoms with van der Waals surface area (Å²) in [4.78, 5) is 11.3. The fourth-order valence-corrected chi connectivity index (χ4v) is 2.46. The van der Waals surface area contributed by atoms with E-state index in [1.54, 1.807) is 7.11 Å². The Kier molecular flexibility index (Phi) is 2.70. The summed E-state index contributed by atoms with van der Waals surface area (Å²) in [6, 6.07) is 3.78. The molecule has 0 radical (unpaired) electrons. The molecule has 1 aromatic rings.